The molecule has 1 aromatic rings. The molecule has 0 unspecified atom stereocenters. The van der Waals surface area contributed by atoms with Crippen molar-refractivity contribution >= 4 is 23.8 Å². The van der Waals surface area contributed by atoms with Crippen LogP contribution in [-0.2, 0) is 9.53 Å². The van der Waals surface area contributed by atoms with Gasteiger partial charge in [0.1, 0.15) is 0 Å². The van der Waals surface area contributed by atoms with Gasteiger partial charge in [-0.2, -0.15) is 0 Å². The SMILES string of the molecule is CCOC(=O)NNC(=O)CSc1ccccc1. The number of rotatable bonds is 4. The van der Waals surface area contributed by atoms with Crippen molar-refractivity contribution in [1.29, 1.82) is 0 Å². The van der Waals surface area contributed by atoms with E-state index in [-0.39, 0.29) is 18.3 Å². The molecule has 0 saturated heterocycles. The molecular weight excluding hydrogens is 240 g/mol. The van der Waals surface area contributed by atoms with E-state index in [4.69, 9.17) is 0 Å². The van der Waals surface area contributed by atoms with Gasteiger partial charge in [-0.15, -0.1) is 11.8 Å². The topological polar surface area (TPSA) is 67.4 Å². The lowest BCUT2D eigenvalue weighted by atomic mass is 10.4. The number of hydrazine groups is 1. The van der Waals surface area contributed by atoms with Crippen LogP contribution in [-0.4, -0.2) is 24.4 Å². The molecule has 2 amide bonds. The van der Waals surface area contributed by atoms with E-state index < -0.39 is 6.09 Å². The molecule has 0 aromatic heterocycles. The van der Waals surface area contributed by atoms with Crippen molar-refractivity contribution in [2.24, 2.45) is 0 Å². The summed E-state index contributed by atoms with van der Waals surface area (Å²) in [5.41, 5.74) is 4.40. The number of benzene rings is 1. The molecule has 0 radical (unpaired) electrons. The number of amides is 2. The predicted octanol–water partition coefficient (Wildman–Crippen LogP) is 1.56. The molecular formula is C11H14N2O3S. The predicted molar refractivity (Wildman–Crippen MR) is 65.5 cm³/mol. The first-order chi connectivity index (χ1) is 8.22. The van der Waals surface area contributed by atoms with Crippen LogP contribution in [0.4, 0.5) is 4.79 Å². The van der Waals surface area contributed by atoms with Crippen LogP contribution < -0.4 is 10.9 Å². The van der Waals surface area contributed by atoms with Crippen LogP contribution in [0.2, 0.25) is 0 Å². The van der Waals surface area contributed by atoms with E-state index >= 15 is 0 Å². The van der Waals surface area contributed by atoms with Gasteiger partial charge in [-0.1, -0.05) is 18.2 Å². The van der Waals surface area contributed by atoms with Crippen molar-refractivity contribution in [2.75, 3.05) is 12.4 Å². The largest absolute Gasteiger partial charge is 0.449 e. The van der Waals surface area contributed by atoms with E-state index in [0.29, 0.717) is 0 Å². The van der Waals surface area contributed by atoms with E-state index in [1.54, 1.807) is 6.92 Å². The lowest BCUT2D eigenvalue weighted by Crippen LogP contribution is -2.42. The summed E-state index contributed by atoms with van der Waals surface area (Å²) in [7, 11) is 0. The highest BCUT2D eigenvalue weighted by Crippen LogP contribution is 2.15. The van der Waals surface area contributed by atoms with Gasteiger partial charge in [-0.05, 0) is 19.1 Å². The average molecular weight is 254 g/mol. The summed E-state index contributed by atoms with van der Waals surface area (Å²) in [6.45, 7) is 1.95. The van der Waals surface area contributed by atoms with Crippen LogP contribution >= 0.6 is 11.8 Å². The van der Waals surface area contributed by atoms with Crippen LogP contribution in [0, 0.1) is 0 Å². The molecule has 0 spiro atoms. The normalized spacial score (nSPS) is 9.47. The van der Waals surface area contributed by atoms with Gasteiger partial charge in [-0.3, -0.25) is 10.2 Å². The van der Waals surface area contributed by atoms with Crippen molar-refractivity contribution in [3.05, 3.63) is 30.3 Å². The first-order valence-electron chi connectivity index (χ1n) is 5.12. The maximum atomic E-state index is 11.3. The van der Waals surface area contributed by atoms with Crippen molar-refractivity contribution < 1.29 is 14.3 Å². The fourth-order valence-corrected chi connectivity index (χ4v) is 1.71. The average Bonchev–Trinajstić information content (AvgIpc) is 2.35. The Bertz CT molecular complexity index is 370. The lowest BCUT2D eigenvalue weighted by molar-refractivity contribution is -0.119. The van der Waals surface area contributed by atoms with E-state index in [2.05, 4.69) is 15.6 Å². The Balaban J connectivity index is 2.20. The minimum absolute atomic E-state index is 0.233. The third-order valence-corrected chi connectivity index (χ3v) is 2.70. The minimum atomic E-state index is -0.662. The van der Waals surface area contributed by atoms with Gasteiger partial charge in [0, 0.05) is 4.90 Å². The Morgan fingerprint density at radius 3 is 2.59 bits per heavy atom. The van der Waals surface area contributed by atoms with Crippen molar-refractivity contribution in [2.45, 2.75) is 11.8 Å². The molecule has 0 aliphatic heterocycles. The summed E-state index contributed by atoms with van der Waals surface area (Å²) in [5, 5.41) is 0. The zero-order valence-corrected chi connectivity index (χ0v) is 10.3. The van der Waals surface area contributed by atoms with E-state index in [0.717, 1.165) is 4.90 Å². The molecule has 1 rings (SSSR count). The van der Waals surface area contributed by atoms with E-state index in [9.17, 15) is 9.59 Å². The second-order valence-corrected chi connectivity index (χ2v) is 4.04. The monoisotopic (exact) mass is 254 g/mol. The molecule has 1 aromatic carbocycles. The highest BCUT2D eigenvalue weighted by molar-refractivity contribution is 8.00. The Kier molecular flexibility index (Phi) is 5.95. The number of thioether (sulfide) groups is 1. The van der Waals surface area contributed by atoms with Gasteiger partial charge in [-0.25, -0.2) is 10.2 Å². The zero-order chi connectivity index (χ0) is 12.5. The molecule has 0 atom stereocenters. The molecule has 0 fully saturated rings. The molecule has 0 saturated carbocycles. The van der Waals surface area contributed by atoms with Crippen LogP contribution in [0.3, 0.4) is 0 Å². The number of nitrogens with one attached hydrogen (secondary N) is 2. The van der Waals surface area contributed by atoms with Crippen molar-refractivity contribution in [3.63, 3.8) is 0 Å². The van der Waals surface area contributed by atoms with Crippen LogP contribution in [0.15, 0.2) is 35.2 Å². The Morgan fingerprint density at radius 1 is 1.24 bits per heavy atom. The molecule has 2 N–H and O–H groups in total. The maximum absolute atomic E-state index is 11.3. The van der Waals surface area contributed by atoms with Gasteiger partial charge >= 0.3 is 6.09 Å². The van der Waals surface area contributed by atoms with Crippen molar-refractivity contribution in [3.8, 4) is 0 Å². The number of carbonyl (C=O) groups excluding carboxylic acids is 2. The summed E-state index contributed by atoms with van der Waals surface area (Å²) >= 11 is 1.39. The Labute approximate surface area is 104 Å². The fraction of sp³-hybridized carbons (Fsp3) is 0.273. The summed E-state index contributed by atoms with van der Waals surface area (Å²) in [5.74, 6) is -0.0527. The van der Waals surface area contributed by atoms with Gasteiger partial charge in [0.15, 0.2) is 0 Å². The molecule has 92 valence electrons. The molecule has 0 heterocycles. The molecule has 17 heavy (non-hydrogen) atoms. The molecule has 0 aliphatic rings. The Morgan fingerprint density at radius 2 is 1.94 bits per heavy atom. The summed E-state index contributed by atoms with van der Waals surface area (Å²) in [4.78, 5) is 23.2. The fourth-order valence-electron chi connectivity index (χ4n) is 0.990. The van der Waals surface area contributed by atoms with Gasteiger partial charge in [0.05, 0.1) is 12.4 Å². The van der Waals surface area contributed by atoms with Crippen molar-refractivity contribution in [1.82, 2.24) is 10.9 Å². The second-order valence-electron chi connectivity index (χ2n) is 3.00. The molecule has 5 nitrogen and oxygen atoms in total. The number of carbonyl (C=O) groups is 2. The van der Waals surface area contributed by atoms with Gasteiger partial charge < -0.3 is 4.74 Å². The molecule has 0 bridgehead atoms. The van der Waals surface area contributed by atoms with Crippen LogP contribution in [0.5, 0.6) is 0 Å². The molecule has 0 aliphatic carbocycles. The molecule has 6 heteroatoms. The van der Waals surface area contributed by atoms with E-state index in [1.165, 1.54) is 11.8 Å². The Hall–Kier alpha value is -1.69. The second kappa shape index (κ2) is 7.56. The smallest absolute Gasteiger partial charge is 0.426 e. The number of hydrogen-bond acceptors (Lipinski definition) is 4. The minimum Gasteiger partial charge on any atom is -0.449 e. The first-order valence-corrected chi connectivity index (χ1v) is 6.10. The van der Waals surface area contributed by atoms with E-state index in [1.807, 2.05) is 30.3 Å². The van der Waals surface area contributed by atoms with Gasteiger partial charge in [0.25, 0.3) is 0 Å². The van der Waals surface area contributed by atoms with Crippen LogP contribution in [0.25, 0.3) is 0 Å². The van der Waals surface area contributed by atoms with Crippen LogP contribution in [0.1, 0.15) is 6.92 Å². The number of ether oxygens (including phenoxy) is 1. The third kappa shape index (κ3) is 5.82. The highest BCUT2D eigenvalue weighted by atomic mass is 32.2. The number of hydrogen-bond donors (Lipinski definition) is 2. The van der Waals surface area contributed by atoms with Gasteiger partial charge in [0.2, 0.25) is 5.91 Å². The summed E-state index contributed by atoms with van der Waals surface area (Å²) < 4.78 is 4.58. The highest BCUT2D eigenvalue weighted by Gasteiger charge is 2.04. The lowest BCUT2D eigenvalue weighted by Gasteiger charge is -2.06. The summed E-state index contributed by atoms with van der Waals surface area (Å²) in [6, 6.07) is 9.54. The quantitative estimate of drug-likeness (QED) is 0.632. The standard InChI is InChI=1S/C11H14N2O3S/c1-2-16-11(15)13-12-10(14)8-17-9-6-4-3-5-7-9/h3-7H,2,8H2,1H3,(H,12,14)(H,13,15). The zero-order valence-electron chi connectivity index (χ0n) is 9.43. The first kappa shape index (κ1) is 13.4. The maximum Gasteiger partial charge on any atom is 0.426 e. The summed E-state index contributed by atoms with van der Waals surface area (Å²) in [6.07, 6.45) is -0.662. The third-order valence-electron chi connectivity index (χ3n) is 1.69.